The van der Waals surface area contributed by atoms with Crippen molar-refractivity contribution in [2.24, 2.45) is 0 Å². The summed E-state index contributed by atoms with van der Waals surface area (Å²) in [6.07, 6.45) is 4.18. The number of hydrogen-bond acceptors (Lipinski definition) is 4. The van der Waals surface area contributed by atoms with Gasteiger partial charge >= 0.3 is 0 Å². The molecular formula is C11H19ClN4. The van der Waals surface area contributed by atoms with Gasteiger partial charge in [-0.1, -0.05) is 0 Å². The number of piperidine rings is 1. The van der Waals surface area contributed by atoms with Gasteiger partial charge in [-0.2, -0.15) is 0 Å². The molecule has 1 N–H and O–H groups in total. The predicted molar refractivity (Wildman–Crippen MR) is 68.3 cm³/mol. The molecular weight excluding hydrogens is 224 g/mol. The first-order valence-electron chi connectivity index (χ1n) is 5.50. The Bertz CT molecular complexity index is 326. The molecule has 1 saturated heterocycles. The van der Waals surface area contributed by atoms with Gasteiger partial charge in [0.2, 0.25) is 5.95 Å². The minimum absolute atomic E-state index is 0. The number of nitrogens with one attached hydrogen (secondary N) is 1. The van der Waals surface area contributed by atoms with E-state index in [1.807, 2.05) is 19.2 Å². The molecule has 0 spiro atoms. The summed E-state index contributed by atoms with van der Waals surface area (Å²) < 4.78 is 0. The predicted octanol–water partition coefficient (Wildman–Crippen LogP) is 1.40. The number of nitrogens with zero attached hydrogens (tertiary/aromatic N) is 3. The fraction of sp³-hybridized carbons (Fsp3) is 0.636. The van der Waals surface area contributed by atoms with Crippen molar-refractivity contribution in [2.45, 2.75) is 25.8 Å². The van der Waals surface area contributed by atoms with Crippen molar-refractivity contribution in [3.05, 3.63) is 18.0 Å². The van der Waals surface area contributed by atoms with Crippen LogP contribution in [0.5, 0.6) is 0 Å². The van der Waals surface area contributed by atoms with Crippen LogP contribution < -0.4 is 10.2 Å². The summed E-state index contributed by atoms with van der Waals surface area (Å²) in [6.45, 7) is 4.20. The van der Waals surface area contributed by atoms with Gasteiger partial charge in [0.25, 0.3) is 0 Å². The zero-order chi connectivity index (χ0) is 10.7. The Morgan fingerprint density at radius 1 is 1.38 bits per heavy atom. The molecule has 1 aromatic heterocycles. The molecule has 1 fully saturated rings. The Morgan fingerprint density at radius 3 is 2.69 bits per heavy atom. The minimum Gasteiger partial charge on any atom is -0.341 e. The average molecular weight is 243 g/mol. The van der Waals surface area contributed by atoms with E-state index < -0.39 is 0 Å². The van der Waals surface area contributed by atoms with Crippen LogP contribution in [0.4, 0.5) is 5.95 Å². The topological polar surface area (TPSA) is 41.1 Å². The highest BCUT2D eigenvalue weighted by Gasteiger charge is 2.19. The Hall–Kier alpha value is -0.870. The molecule has 1 aliphatic heterocycles. The highest BCUT2D eigenvalue weighted by molar-refractivity contribution is 5.85. The van der Waals surface area contributed by atoms with Crippen molar-refractivity contribution in [1.29, 1.82) is 0 Å². The van der Waals surface area contributed by atoms with Crippen LogP contribution in [0.25, 0.3) is 0 Å². The molecule has 4 nitrogen and oxygen atoms in total. The van der Waals surface area contributed by atoms with Crippen molar-refractivity contribution in [3.8, 4) is 0 Å². The molecule has 0 aromatic carbocycles. The normalized spacial score (nSPS) is 16.6. The highest BCUT2D eigenvalue weighted by atomic mass is 35.5. The fourth-order valence-electron chi connectivity index (χ4n) is 1.96. The maximum atomic E-state index is 4.44. The Kier molecular flexibility index (Phi) is 4.96. The van der Waals surface area contributed by atoms with Crippen LogP contribution in [-0.2, 0) is 0 Å². The van der Waals surface area contributed by atoms with Crippen molar-refractivity contribution in [2.75, 3.05) is 25.0 Å². The molecule has 2 heterocycles. The summed E-state index contributed by atoms with van der Waals surface area (Å²) in [5.41, 5.74) is 1.03. The van der Waals surface area contributed by atoms with Crippen LogP contribution in [-0.4, -0.2) is 36.1 Å². The SMILES string of the molecule is Cc1ccnc(N(C)C2CCNCC2)n1.Cl. The molecule has 0 unspecified atom stereocenters. The third-order valence-corrected chi connectivity index (χ3v) is 2.95. The summed E-state index contributed by atoms with van der Waals surface area (Å²) >= 11 is 0. The number of halogens is 1. The molecule has 90 valence electrons. The quantitative estimate of drug-likeness (QED) is 0.851. The third kappa shape index (κ3) is 3.06. The lowest BCUT2D eigenvalue weighted by molar-refractivity contribution is 0.439. The summed E-state index contributed by atoms with van der Waals surface area (Å²) in [5.74, 6) is 0.849. The fourth-order valence-corrected chi connectivity index (χ4v) is 1.96. The average Bonchev–Trinajstić information content (AvgIpc) is 2.29. The maximum absolute atomic E-state index is 4.44. The van der Waals surface area contributed by atoms with E-state index in [1.165, 1.54) is 12.8 Å². The van der Waals surface area contributed by atoms with Crippen molar-refractivity contribution in [3.63, 3.8) is 0 Å². The molecule has 1 aromatic rings. The van der Waals surface area contributed by atoms with Crippen LogP contribution in [0, 0.1) is 6.92 Å². The Balaban J connectivity index is 0.00000128. The molecule has 0 radical (unpaired) electrons. The van der Waals surface area contributed by atoms with E-state index in [-0.39, 0.29) is 12.4 Å². The largest absolute Gasteiger partial charge is 0.341 e. The summed E-state index contributed by atoms with van der Waals surface area (Å²) in [4.78, 5) is 11.0. The summed E-state index contributed by atoms with van der Waals surface area (Å²) in [5, 5.41) is 3.36. The van der Waals surface area contributed by atoms with E-state index in [0.717, 1.165) is 24.7 Å². The van der Waals surface area contributed by atoms with E-state index >= 15 is 0 Å². The highest BCUT2D eigenvalue weighted by Crippen LogP contribution is 2.15. The standard InChI is InChI=1S/C11H18N4.ClH/c1-9-3-8-13-11(14-9)15(2)10-4-6-12-7-5-10;/h3,8,10,12H,4-7H2,1-2H3;1H. The number of aromatic nitrogens is 2. The van der Waals surface area contributed by atoms with Crippen LogP contribution in [0.15, 0.2) is 12.3 Å². The second kappa shape index (κ2) is 6.01. The molecule has 1 aliphatic rings. The van der Waals surface area contributed by atoms with E-state index in [2.05, 4.69) is 27.2 Å². The van der Waals surface area contributed by atoms with Crippen molar-refractivity contribution >= 4 is 18.4 Å². The second-order valence-corrected chi connectivity index (χ2v) is 4.09. The first-order chi connectivity index (χ1) is 7.27. The van der Waals surface area contributed by atoms with Crippen LogP contribution >= 0.6 is 12.4 Å². The van der Waals surface area contributed by atoms with E-state index in [0.29, 0.717) is 6.04 Å². The van der Waals surface area contributed by atoms with Gasteiger partial charge in [0.05, 0.1) is 0 Å². The van der Waals surface area contributed by atoms with Crippen LogP contribution in [0.2, 0.25) is 0 Å². The van der Waals surface area contributed by atoms with Crippen molar-refractivity contribution < 1.29 is 0 Å². The smallest absolute Gasteiger partial charge is 0.225 e. The number of rotatable bonds is 2. The van der Waals surface area contributed by atoms with Gasteiger partial charge in [-0.3, -0.25) is 0 Å². The maximum Gasteiger partial charge on any atom is 0.225 e. The number of anilines is 1. The number of aryl methyl sites for hydroxylation is 1. The Labute approximate surface area is 103 Å². The van der Waals surface area contributed by atoms with Gasteiger partial charge in [-0.05, 0) is 38.9 Å². The van der Waals surface area contributed by atoms with Gasteiger partial charge in [-0.15, -0.1) is 12.4 Å². The zero-order valence-electron chi connectivity index (χ0n) is 9.81. The Morgan fingerprint density at radius 2 is 2.06 bits per heavy atom. The summed E-state index contributed by atoms with van der Waals surface area (Å²) in [6, 6.07) is 2.51. The molecule has 16 heavy (non-hydrogen) atoms. The lowest BCUT2D eigenvalue weighted by Gasteiger charge is -2.31. The van der Waals surface area contributed by atoms with Gasteiger partial charge < -0.3 is 10.2 Å². The van der Waals surface area contributed by atoms with Gasteiger partial charge in [-0.25, -0.2) is 9.97 Å². The zero-order valence-corrected chi connectivity index (χ0v) is 10.6. The third-order valence-electron chi connectivity index (χ3n) is 2.95. The minimum atomic E-state index is 0. The molecule has 0 saturated carbocycles. The monoisotopic (exact) mass is 242 g/mol. The van der Waals surface area contributed by atoms with Crippen LogP contribution in [0.3, 0.4) is 0 Å². The second-order valence-electron chi connectivity index (χ2n) is 4.09. The van der Waals surface area contributed by atoms with Crippen molar-refractivity contribution in [1.82, 2.24) is 15.3 Å². The van der Waals surface area contributed by atoms with Gasteiger partial charge in [0, 0.05) is 25.0 Å². The lowest BCUT2D eigenvalue weighted by Crippen LogP contribution is -2.41. The van der Waals surface area contributed by atoms with E-state index in [9.17, 15) is 0 Å². The van der Waals surface area contributed by atoms with E-state index in [4.69, 9.17) is 0 Å². The lowest BCUT2D eigenvalue weighted by atomic mass is 10.1. The first-order valence-corrected chi connectivity index (χ1v) is 5.50. The summed E-state index contributed by atoms with van der Waals surface area (Å²) in [7, 11) is 2.09. The number of hydrogen-bond donors (Lipinski definition) is 1. The molecule has 5 heteroatoms. The van der Waals surface area contributed by atoms with Gasteiger partial charge in [0.1, 0.15) is 0 Å². The molecule has 0 aliphatic carbocycles. The van der Waals surface area contributed by atoms with Gasteiger partial charge in [0.15, 0.2) is 0 Å². The molecule has 0 amide bonds. The molecule has 0 bridgehead atoms. The first kappa shape index (κ1) is 13.2. The van der Waals surface area contributed by atoms with Crippen LogP contribution in [0.1, 0.15) is 18.5 Å². The van der Waals surface area contributed by atoms with E-state index in [1.54, 1.807) is 0 Å². The molecule has 2 rings (SSSR count). The molecule has 0 atom stereocenters.